The molecule has 1 fully saturated rings. The van der Waals surface area contributed by atoms with Gasteiger partial charge < -0.3 is 14.4 Å². The monoisotopic (exact) mass is 399 g/mol. The molecule has 1 aromatic rings. The predicted molar refractivity (Wildman–Crippen MR) is 98.2 cm³/mol. The van der Waals surface area contributed by atoms with Gasteiger partial charge in [0.25, 0.3) is 0 Å². The van der Waals surface area contributed by atoms with E-state index in [-0.39, 0.29) is 23.0 Å². The number of benzene rings is 1. The minimum absolute atomic E-state index is 0.0246. The highest BCUT2D eigenvalue weighted by Crippen LogP contribution is 2.35. The van der Waals surface area contributed by atoms with Gasteiger partial charge in [-0.25, -0.2) is 8.42 Å². The summed E-state index contributed by atoms with van der Waals surface area (Å²) in [4.78, 5) is 1.89. The van der Waals surface area contributed by atoms with Crippen LogP contribution in [0.2, 0.25) is 0 Å². The van der Waals surface area contributed by atoms with Gasteiger partial charge in [-0.1, -0.05) is 6.92 Å². The Kier molecular flexibility index (Phi) is 5.74. The number of halogens is 2. The molecule has 0 bridgehead atoms. The van der Waals surface area contributed by atoms with Crippen molar-refractivity contribution in [1.29, 1.82) is 0 Å². The third kappa shape index (κ3) is 5.00. The number of allylic oxidation sites excluding steroid dienone is 2. The fourth-order valence-electron chi connectivity index (χ4n) is 2.83. The molecule has 3 rings (SSSR count). The van der Waals surface area contributed by atoms with E-state index in [1.807, 2.05) is 0 Å². The number of hydrogen-bond donors (Lipinski definition) is 0. The van der Waals surface area contributed by atoms with Gasteiger partial charge in [0, 0.05) is 24.4 Å². The molecule has 0 saturated heterocycles. The predicted octanol–water partition coefficient (Wildman–Crippen LogP) is 3.68. The van der Waals surface area contributed by atoms with Crippen LogP contribution in [0.1, 0.15) is 25.3 Å². The van der Waals surface area contributed by atoms with E-state index in [1.165, 1.54) is 12.1 Å². The average molecular weight is 399 g/mol. The minimum atomic E-state index is -3.41. The van der Waals surface area contributed by atoms with Crippen LogP contribution >= 0.6 is 0 Å². The van der Waals surface area contributed by atoms with E-state index in [2.05, 4.69) is 4.74 Å². The molecule has 148 valence electrons. The fourth-order valence-corrected chi connectivity index (χ4v) is 3.74. The maximum Gasteiger partial charge on any atom is 0.387 e. The van der Waals surface area contributed by atoms with E-state index in [0.29, 0.717) is 29.4 Å². The smallest absolute Gasteiger partial charge is 0.387 e. The number of nitrogens with zero attached hydrogens (tertiary/aromatic N) is 1. The van der Waals surface area contributed by atoms with E-state index >= 15 is 0 Å². The molecule has 0 spiro atoms. The van der Waals surface area contributed by atoms with Crippen LogP contribution in [0.4, 0.5) is 8.78 Å². The number of ether oxygens (including phenoxy) is 2. The van der Waals surface area contributed by atoms with Crippen LogP contribution in [0.5, 0.6) is 5.75 Å². The van der Waals surface area contributed by atoms with E-state index < -0.39 is 16.4 Å². The lowest BCUT2D eigenvalue weighted by Gasteiger charge is -2.24. The van der Waals surface area contributed by atoms with Gasteiger partial charge in [-0.15, -0.1) is 0 Å². The molecule has 1 aliphatic carbocycles. The zero-order valence-corrected chi connectivity index (χ0v) is 16.1. The maximum atomic E-state index is 12.6. The van der Waals surface area contributed by atoms with Crippen molar-refractivity contribution in [2.45, 2.75) is 31.3 Å². The molecule has 0 radical (unpaired) electrons. The molecule has 2 aliphatic rings. The second kappa shape index (κ2) is 7.88. The first-order valence-corrected chi connectivity index (χ1v) is 10.5. The van der Waals surface area contributed by atoms with Gasteiger partial charge in [0.05, 0.1) is 23.8 Å². The van der Waals surface area contributed by atoms with E-state index in [1.54, 1.807) is 37.2 Å². The molecule has 0 atom stereocenters. The zero-order valence-electron chi connectivity index (χ0n) is 15.3. The second-order valence-electron chi connectivity index (χ2n) is 6.80. The van der Waals surface area contributed by atoms with Crippen LogP contribution in [0, 0.1) is 5.92 Å². The molecule has 1 heterocycles. The normalized spacial score (nSPS) is 17.6. The number of likely N-dealkylation sites (N-methyl/N-ethyl adjacent to an activating group) is 1. The van der Waals surface area contributed by atoms with Crippen molar-refractivity contribution >= 4 is 15.4 Å². The molecule has 27 heavy (non-hydrogen) atoms. The molecule has 5 nitrogen and oxygen atoms in total. The molecule has 0 aromatic heterocycles. The Labute approximate surface area is 158 Å². The SMILES string of the molecule is CCS(=O)(=O)c1ccc(OCC2CC2)c(C2=CN(C)CC(OC(F)F)=C2)c1. The highest BCUT2D eigenvalue weighted by molar-refractivity contribution is 7.91. The molecule has 0 N–H and O–H groups in total. The van der Waals surface area contributed by atoms with Crippen molar-refractivity contribution in [2.24, 2.45) is 5.92 Å². The lowest BCUT2D eigenvalue weighted by molar-refractivity contribution is -0.0992. The Bertz CT molecular complexity index is 860. The average Bonchev–Trinajstić information content (AvgIpc) is 3.43. The molecular weight excluding hydrogens is 376 g/mol. The molecule has 8 heteroatoms. The van der Waals surface area contributed by atoms with Crippen molar-refractivity contribution in [2.75, 3.05) is 26.0 Å². The quantitative estimate of drug-likeness (QED) is 0.668. The van der Waals surface area contributed by atoms with Crippen LogP contribution < -0.4 is 4.74 Å². The van der Waals surface area contributed by atoms with E-state index in [9.17, 15) is 17.2 Å². The summed E-state index contributed by atoms with van der Waals surface area (Å²) < 4.78 is 60.3. The highest BCUT2D eigenvalue weighted by Gasteiger charge is 2.24. The van der Waals surface area contributed by atoms with Gasteiger partial charge in [0.1, 0.15) is 11.5 Å². The van der Waals surface area contributed by atoms with Crippen LogP contribution in [0.3, 0.4) is 0 Å². The molecule has 0 amide bonds. The Hall–Kier alpha value is -2.09. The number of hydrogen-bond acceptors (Lipinski definition) is 5. The largest absolute Gasteiger partial charge is 0.493 e. The van der Waals surface area contributed by atoms with Crippen molar-refractivity contribution in [3.8, 4) is 5.75 Å². The van der Waals surface area contributed by atoms with E-state index in [4.69, 9.17) is 4.74 Å². The minimum Gasteiger partial charge on any atom is -0.493 e. The van der Waals surface area contributed by atoms with E-state index in [0.717, 1.165) is 12.8 Å². The van der Waals surface area contributed by atoms with Gasteiger partial charge in [-0.3, -0.25) is 0 Å². The van der Waals surface area contributed by atoms with Crippen molar-refractivity contribution in [3.05, 3.63) is 41.8 Å². The highest BCUT2D eigenvalue weighted by atomic mass is 32.2. The molecule has 0 unspecified atom stereocenters. The topological polar surface area (TPSA) is 55.8 Å². The third-order valence-electron chi connectivity index (χ3n) is 4.49. The Morgan fingerprint density at radius 2 is 2.04 bits per heavy atom. The zero-order chi connectivity index (χ0) is 19.6. The van der Waals surface area contributed by atoms with Crippen LogP contribution in [-0.4, -0.2) is 45.9 Å². The summed E-state index contributed by atoms with van der Waals surface area (Å²) in [6.07, 6.45) is 5.51. The van der Waals surface area contributed by atoms with Crippen LogP contribution in [0.25, 0.3) is 5.57 Å². The number of rotatable bonds is 8. The van der Waals surface area contributed by atoms with Crippen molar-refractivity contribution < 1.29 is 26.7 Å². The first kappa shape index (κ1) is 19.7. The molecule has 1 aromatic carbocycles. The number of sulfone groups is 1. The van der Waals surface area contributed by atoms with Gasteiger partial charge in [-0.05, 0) is 43.0 Å². The summed E-state index contributed by atoms with van der Waals surface area (Å²) in [5, 5.41) is 0. The van der Waals surface area contributed by atoms with Crippen LogP contribution in [0.15, 0.2) is 41.1 Å². The summed E-state index contributed by atoms with van der Waals surface area (Å²) >= 11 is 0. The fraction of sp³-hybridized carbons (Fsp3) is 0.474. The molecular formula is C19H23F2NO4S. The number of alkyl halides is 2. The Morgan fingerprint density at radius 3 is 2.67 bits per heavy atom. The third-order valence-corrected chi connectivity index (χ3v) is 6.23. The first-order valence-electron chi connectivity index (χ1n) is 8.86. The Morgan fingerprint density at radius 1 is 1.30 bits per heavy atom. The summed E-state index contributed by atoms with van der Waals surface area (Å²) in [6, 6.07) is 4.71. The van der Waals surface area contributed by atoms with Gasteiger partial charge in [-0.2, -0.15) is 8.78 Å². The summed E-state index contributed by atoms with van der Waals surface area (Å²) in [5.74, 6) is 1.14. The van der Waals surface area contributed by atoms with Gasteiger partial charge >= 0.3 is 6.61 Å². The summed E-state index contributed by atoms with van der Waals surface area (Å²) in [5.41, 5.74) is 1.12. The van der Waals surface area contributed by atoms with Crippen molar-refractivity contribution in [3.63, 3.8) is 0 Å². The standard InChI is InChI=1S/C19H23F2NO4S/c1-3-27(23,24)16-6-7-18(25-12-13-4-5-13)17(9-16)14-8-15(26-19(20)21)11-22(2)10-14/h6-10,13,19H,3-5,11-12H2,1-2H3. The van der Waals surface area contributed by atoms with Gasteiger partial charge in [0.2, 0.25) is 0 Å². The molecule has 1 saturated carbocycles. The maximum absolute atomic E-state index is 12.6. The Balaban J connectivity index is 2.01. The lowest BCUT2D eigenvalue weighted by Crippen LogP contribution is -2.21. The van der Waals surface area contributed by atoms with Crippen LogP contribution in [-0.2, 0) is 14.6 Å². The lowest BCUT2D eigenvalue weighted by atomic mass is 10.0. The first-order chi connectivity index (χ1) is 12.8. The van der Waals surface area contributed by atoms with Gasteiger partial charge in [0.15, 0.2) is 9.84 Å². The molecule has 1 aliphatic heterocycles. The summed E-state index contributed by atoms with van der Waals surface area (Å²) in [7, 11) is -1.67. The van der Waals surface area contributed by atoms with Crippen molar-refractivity contribution in [1.82, 2.24) is 4.90 Å². The second-order valence-corrected chi connectivity index (χ2v) is 9.08. The summed E-state index contributed by atoms with van der Waals surface area (Å²) in [6.45, 7) is -0.574.